The molecule has 0 aliphatic carbocycles. The molecule has 9 heteroatoms. The first-order valence-electron chi connectivity index (χ1n) is 10.3. The summed E-state index contributed by atoms with van der Waals surface area (Å²) < 4.78 is 0. The van der Waals surface area contributed by atoms with E-state index >= 15 is 0 Å². The number of nitrogens with zero attached hydrogens (tertiary/aromatic N) is 1. The lowest BCUT2D eigenvalue weighted by Crippen LogP contribution is -2.51. The molecule has 3 rings (SSSR count). The number of carbonyl (C=O) groups is 2. The summed E-state index contributed by atoms with van der Waals surface area (Å²) in [7, 11) is 0. The molecule has 170 valence electrons. The van der Waals surface area contributed by atoms with Crippen molar-refractivity contribution >= 4 is 52.7 Å². The van der Waals surface area contributed by atoms with E-state index in [2.05, 4.69) is 10.6 Å². The molecule has 2 aromatic rings. The number of benzene rings is 2. The molecular formula is C23H25Cl3N4O2. The summed E-state index contributed by atoms with van der Waals surface area (Å²) in [4.78, 5) is 26.9. The molecule has 0 unspecified atom stereocenters. The van der Waals surface area contributed by atoms with Crippen molar-refractivity contribution in [2.45, 2.75) is 25.0 Å². The molecule has 1 heterocycles. The van der Waals surface area contributed by atoms with Gasteiger partial charge in [0.15, 0.2) is 0 Å². The summed E-state index contributed by atoms with van der Waals surface area (Å²) in [6.07, 6.45) is 3.86. The lowest BCUT2D eigenvalue weighted by Gasteiger charge is -2.24. The molecule has 4 N–H and O–H groups in total. The molecule has 6 nitrogen and oxygen atoms in total. The molecule has 0 aromatic heterocycles. The van der Waals surface area contributed by atoms with Crippen LogP contribution in [-0.4, -0.2) is 48.4 Å². The highest BCUT2D eigenvalue weighted by atomic mass is 35.5. The van der Waals surface area contributed by atoms with Gasteiger partial charge in [-0.2, -0.15) is 0 Å². The van der Waals surface area contributed by atoms with Crippen molar-refractivity contribution in [1.82, 2.24) is 15.5 Å². The fraction of sp³-hybridized carbons (Fsp3) is 0.304. The summed E-state index contributed by atoms with van der Waals surface area (Å²) in [5, 5.41) is 7.84. The van der Waals surface area contributed by atoms with E-state index in [1.165, 1.54) is 6.08 Å². The molecule has 2 aromatic carbocycles. The lowest BCUT2D eigenvalue weighted by molar-refractivity contribution is -0.133. The molecule has 0 spiro atoms. The van der Waals surface area contributed by atoms with Gasteiger partial charge in [-0.05, 0) is 54.0 Å². The van der Waals surface area contributed by atoms with Crippen LogP contribution in [0.5, 0.6) is 0 Å². The van der Waals surface area contributed by atoms with Gasteiger partial charge in [0.2, 0.25) is 11.8 Å². The fourth-order valence-corrected chi connectivity index (χ4v) is 4.22. The third-order valence-electron chi connectivity index (χ3n) is 5.15. The molecule has 32 heavy (non-hydrogen) atoms. The van der Waals surface area contributed by atoms with E-state index in [9.17, 15) is 9.59 Å². The van der Waals surface area contributed by atoms with Gasteiger partial charge in [0, 0.05) is 53.4 Å². The van der Waals surface area contributed by atoms with Gasteiger partial charge in [0.1, 0.15) is 0 Å². The predicted molar refractivity (Wildman–Crippen MR) is 130 cm³/mol. The first-order chi connectivity index (χ1) is 15.3. The number of nitrogens with one attached hydrogen (secondary N) is 2. The van der Waals surface area contributed by atoms with Crippen molar-refractivity contribution < 1.29 is 9.59 Å². The van der Waals surface area contributed by atoms with Gasteiger partial charge in [0.25, 0.3) is 0 Å². The largest absolute Gasteiger partial charge is 0.351 e. The quantitative estimate of drug-likeness (QED) is 0.513. The monoisotopic (exact) mass is 494 g/mol. The minimum absolute atomic E-state index is 0.0833. The van der Waals surface area contributed by atoms with Crippen molar-refractivity contribution in [2.75, 3.05) is 19.6 Å². The van der Waals surface area contributed by atoms with Crippen LogP contribution in [0.1, 0.15) is 17.5 Å². The van der Waals surface area contributed by atoms with E-state index < -0.39 is 6.04 Å². The van der Waals surface area contributed by atoms with Crippen LogP contribution >= 0.6 is 34.8 Å². The first-order valence-corrected chi connectivity index (χ1v) is 11.4. The number of hydrogen-bond donors (Lipinski definition) is 3. The van der Waals surface area contributed by atoms with Crippen molar-refractivity contribution in [3.63, 3.8) is 0 Å². The van der Waals surface area contributed by atoms with Crippen LogP contribution in [0.3, 0.4) is 0 Å². The highest BCUT2D eigenvalue weighted by Gasteiger charge is 2.30. The number of hydrogen-bond acceptors (Lipinski definition) is 4. The maximum atomic E-state index is 12.9. The second-order valence-corrected chi connectivity index (χ2v) is 8.92. The first kappa shape index (κ1) is 24.6. The Bertz CT molecular complexity index is 961. The fourth-order valence-electron chi connectivity index (χ4n) is 3.52. The highest BCUT2D eigenvalue weighted by molar-refractivity contribution is 6.34. The maximum absolute atomic E-state index is 12.9. The molecule has 1 fully saturated rings. The number of nitrogens with two attached hydrogens (primary N) is 1. The van der Waals surface area contributed by atoms with Gasteiger partial charge in [0.05, 0.1) is 6.04 Å². The zero-order valence-electron chi connectivity index (χ0n) is 17.4. The third kappa shape index (κ3) is 7.22. The summed E-state index contributed by atoms with van der Waals surface area (Å²) in [5.74, 6) is -0.299. The lowest BCUT2D eigenvalue weighted by atomic mass is 10.1. The SMILES string of the molecule is NC[C@@H]1N[C@H](CNC(=O)/C=C/c2ccc(Cl)cc2)CCN(Cc2cc(Cl)cc(Cl)c2)C1=O. The van der Waals surface area contributed by atoms with Crippen molar-refractivity contribution in [1.29, 1.82) is 0 Å². The second kappa shape index (κ2) is 11.7. The summed E-state index contributed by atoms with van der Waals surface area (Å²) in [6, 6.07) is 11.8. The van der Waals surface area contributed by atoms with E-state index in [0.29, 0.717) is 41.1 Å². The molecule has 2 atom stereocenters. The van der Waals surface area contributed by atoms with E-state index in [4.69, 9.17) is 40.5 Å². The van der Waals surface area contributed by atoms with Gasteiger partial charge in [-0.3, -0.25) is 9.59 Å². The zero-order chi connectivity index (χ0) is 23.1. The summed E-state index contributed by atoms with van der Waals surface area (Å²) >= 11 is 18.0. The molecule has 0 radical (unpaired) electrons. The van der Waals surface area contributed by atoms with Crippen LogP contribution in [0.25, 0.3) is 6.08 Å². The Hall–Kier alpha value is -2.09. The Balaban J connectivity index is 1.57. The second-order valence-electron chi connectivity index (χ2n) is 7.61. The van der Waals surface area contributed by atoms with Crippen molar-refractivity contribution in [3.05, 3.63) is 74.7 Å². The highest BCUT2D eigenvalue weighted by Crippen LogP contribution is 2.21. The predicted octanol–water partition coefficient (Wildman–Crippen LogP) is 3.49. The van der Waals surface area contributed by atoms with E-state index in [1.54, 1.807) is 41.3 Å². The Morgan fingerprint density at radius 3 is 2.47 bits per heavy atom. The summed E-state index contributed by atoms with van der Waals surface area (Å²) in [5.41, 5.74) is 7.58. The third-order valence-corrected chi connectivity index (χ3v) is 5.83. The standard InChI is InChI=1S/C23H25Cl3N4O2/c24-17-4-1-15(2-5-17)3-6-22(31)28-13-20-7-8-30(23(32)21(12-27)29-20)14-16-9-18(25)11-19(26)10-16/h1-6,9-11,20-21,29H,7-8,12-14,27H2,(H,28,31)/b6-3+/t20-,21-/m0/s1. The summed E-state index contributed by atoms with van der Waals surface area (Å²) in [6.45, 7) is 1.45. The molecule has 1 aliphatic rings. The molecule has 2 amide bonds. The maximum Gasteiger partial charge on any atom is 0.244 e. The Kier molecular flexibility index (Phi) is 8.96. The minimum Gasteiger partial charge on any atom is -0.351 e. The smallest absolute Gasteiger partial charge is 0.244 e. The van der Waals surface area contributed by atoms with Crippen LogP contribution in [0.2, 0.25) is 15.1 Å². The Morgan fingerprint density at radius 2 is 1.81 bits per heavy atom. The number of halogens is 3. The normalized spacial score (nSPS) is 19.2. The van der Waals surface area contributed by atoms with Gasteiger partial charge < -0.3 is 21.3 Å². The average Bonchev–Trinajstić information content (AvgIpc) is 2.90. The van der Waals surface area contributed by atoms with Gasteiger partial charge in [-0.1, -0.05) is 46.9 Å². The van der Waals surface area contributed by atoms with Crippen LogP contribution in [0.15, 0.2) is 48.5 Å². The van der Waals surface area contributed by atoms with Gasteiger partial charge in [-0.15, -0.1) is 0 Å². The van der Waals surface area contributed by atoms with E-state index in [1.807, 2.05) is 12.1 Å². The number of rotatable bonds is 7. The molecule has 0 bridgehead atoms. The van der Waals surface area contributed by atoms with Crippen molar-refractivity contribution in [2.24, 2.45) is 5.73 Å². The topological polar surface area (TPSA) is 87.5 Å². The minimum atomic E-state index is -0.529. The van der Waals surface area contributed by atoms with Crippen LogP contribution < -0.4 is 16.4 Å². The van der Waals surface area contributed by atoms with Gasteiger partial charge >= 0.3 is 0 Å². The molecule has 1 saturated heterocycles. The van der Waals surface area contributed by atoms with Crippen LogP contribution in [-0.2, 0) is 16.1 Å². The van der Waals surface area contributed by atoms with Crippen LogP contribution in [0, 0.1) is 0 Å². The van der Waals surface area contributed by atoms with E-state index in [-0.39, 0.29) is 24.4 Å². The molecule has 0 saturated carbocycles. The average molecular weight is 496 g/mol. The number of carbonyl (C=O) groups excluding carboxylic acids is 2. The zero-order valence-corrected chi connectivity index (χ0v) is 19.6. The van der Waals surface area contributed by atoms with Crippen molar-refractivity contribution in [3.8, 4) is 0 Å². The van der Waals surface area contributed by atoms with Gasteiger partial charge in [-0.25, -0.2) is 0 Å². The van der Waals surface area contributed by atoms with Crippen LogP contribution in [0.4, 0.5) is 0 Å². The molecular weight excluding hydrogens is 471 g/mol. The van der Waals surface area contributed by atoms with E-state index in [0.717, 1.165) is 11.1 Å². The number of amides is 2. The Labute approximate surface area is 202 Å². The molecule has 1 aliphatic heterocycles. The Morgan fingerprint density at radius 1 is 1.12 bits per heavy atom.